The monoisotopic (exact) mass is 486 g/mol. The first kappa shape index (κ1) is 23.2. The van der Waals surface area contributed by atoms with Gasteiger partial charge in [-0.1, -0.05) is 24.3 Å². The number of ether oxygens (including phenoxy) is 2. The van der Waals surface area contributed by atoms with Crippen molar-refractivity contribution in [2.45, 2.75) is 6.04 Å². The highest BCUT2D eigenvalue weighted by atomic mass is 19.1. The lowest BCUT2D eigenvalue weighted by Crippen LogP contribution is -2.29. The summed E-state index contributed by atoms with van der Waals surface area (Å²) in [6, 6.07) is 17.0. The van der Waals surface area contributed by atoms with E-state index in [2.05, 4.69) is 0 Å². The van der Waals surface area contributed by atoms with Gasteiger partial charge in [0.2, 0.25) is 0 Å². The molecule has 0 spiro atoms. The SMILES string of the molecule is COc1cccc(N2C(=O)C(=O)/C(=C(/O)c3cc(F)ccc3OC)C2c2cn(C)c3ccccc23)c1. The predicted octanol–water partition coefficient (Wildman–Crippen LogP) is 4.96. The Morgan fingerprint density at radius 2 is 1.75 bits per heavy atom. The predicted molar refractivity (Wildman–Crippen MR) is 134 cm³/mol. The number of methoxy groups -OCH3 is 2. The standard InChI is InChI=1S/C28H23FN2O5/c1-30-15-21(19-9-4-5-10-22(19)30)25-24(26(32)20-13-16(29)11-12-23(20)36-3)27(33)28(34)31(25)17-7-6-8-18(14-17)35-2/h4-15,25,32H,1-3H3/b26-24+. The van der Waals surface area contributed by atoms with Crippen molar-refractivity contribution in [1.82, 2.24) is 4.57 Å². The summed E-state index contributed by atoms with van der Waals surface area (Å²) in [4.78, 5) is 28.3. The number of Topliss-reactive ketones (excluding diaryl/α,β-unsaturated/α-hetero) is 1. The van der Waals surface area contributed by atoms with E-state index in [1.807, 2.05) is 42.1 Å². The number of anilines is 1. The molecular weight excluding hydrogens is 463 g/mol. The Morgan fingerprint density at radius 3 is 2.50 bits per heavy atom. The third kappa shape index (κ3) is 3.58. The van der Waals surface area contributed by atoms with E-state index >= 15 is 0 Å². The molecule has 0 bridgehead atoms. The molecule has 182 valence electrons. The van der Waals surface area contributed by atoms with Crippen LogP contribution in [0, 0.1) is 5.82 Å². The van der Waals surface area contributed by atoms with Gasteiger partial charge < -0.3 is 19.1 Å². The molecule has 1 aliphatic heterocycles. The molecule has 36 heavy (non-hydrogen) atoms. The Hall–Kier alpha value is -4.59. The van der Waals surface area contributed by atoms with Gasteiger partial charge in [-0.15, -0.1) is 0 Å². The highest BCUT2D eigenvalue weighted by Gasteiger charge is 2.48. The van der Waals surface area contributed by atoms with E-state index in [-0.39, 0.29) is 16.9 Å². The number of aromatic nitrogens is 1. The van der Waals surface area contributed by atoms with Gasteiger partial charge in [0.1, 0.15) is 23.1 Å². The van der Waals surface area contributed by atoms with Gasteiger partial charge >= 0.3 is 0 Å². The number of aliphatic hydroxyl groups is 1. The topological polar surface area (TPSA) is 81.0 Å². The number of ketones is 1. The van der Waals surface area contributed by atoms with Crippen LogP contribution in [-0.2, 0) is 16.6 Å². The van der Waals surface area contributed by atoms with E-state index in [9.17, 15) is 19.1 Å². The minimum atomic E-state index is -0.990. The number of amides is 1. The maximum absolute atomic E-state index is 14.2. The summed E-state index contributed by atoms with van der Waals surface area (Å²) in [7, 11) is 4.74. The van der Waals surface area contributed by atoms with Crippen LogP contribution in [-0.4, -0.2) is 35.6 Å². The molecule has 1 unspecified atom stereocenters. The zero-order chi connectivity index (χ0) is 25.6. The van der Waals surface area contributed by atoms with Crippen molar-refractivity contribution < 1.29 is 28.6 Å². The van der Waals surface area contributed by atoms with Crippen molar-refractivity contribution in [3.05, 3.63) is 95.4 Å². The molecule has 0 aliphatic carbocycles. The maximum atomic E-state index is 14.2. The lowest BCUT2D eigenvalue weighted by atomic mass is 9.94. The molecule has 0 radical (unpaired) electrons. The average molecular weight is 486 g/mol. The van der Waals surface area contributed by atoms with Crippen LogP contribution in [0.5, 0.6) is 11.5 Å². The van der Waals surface area contributed by atoms with Crippen LogP contribution in [0.25, 0.3) is 16.7 Å². The lowest BCUT2D eigenvalue weighted by molar-refractivity contribution is -0.132. The van der Waals surface area contributed by atoms with Gasteiger partial charge in [0, 0.05) is 41.5 Å². The number of benzene rings is 3. The average Bonchev–Trinajstić information content (AvgIpc) is 3.36. The molecule has 7 nitrogen and oxygen atoms in total. The van der Waals surface area contributed by atoms with E-state index in [0.717, 1.165) is 17.0 Å². The number of carbonyl (C=O) groups is 2. The third-order valence-corrected chi connectivity index (χ3v) is 6.41. The van der Waals surface area contributed by atoms with Crippen LogP contribution < -0.4 is 14.4 Å². The molecular formula is C28H23FN2O5. The summed E-state index contributed by atoms with van der Waals surface area (Å²) < 4.78 is 26.7. The Labute approximate surface area is 206 Å². The normalized spacial score (nSPS) is 17.1. The van der Waals surface area contributed by atoms with Crippen molar-refractivity contribution in [2.75, 3.05) is 19.1 Å². The van der Waals surface area contributed by atoms with Crippen molar-refractivity contribution in [3.63, 3.8) is 0 Å². The summed E-state index contributed by atoms with van der Waals surface area (Å²) in [5, 5.41) is 12.2. The number of nitrogens with zero attached hydrogens (tertiary/aromatic N) is 2. The third-order valence-electron chi connectivity index (χ3n) is 6.41. The van der Waals surface area contributed by atoms with E-state index < -0.39 is 29.3 Å². The largest absolute Gasteiger partial charge is 0.507 e. The minimum Gasteiger partial charge on any atom is -0.507 e. The van der Waals surface area contributed by atoms with Gasteiger partial charge in [0.05, 0.1) is 31.4 Å². The lowest BCUT2D eigenvalue weighted by Gasteiger charge is -2.25. The summed E-state index contributed by atoms with van der Waals surface area (Å²) in [6.45, 7) is 0. The van der Waals surface area contributed by atoms with Gasteiger partial charge in [-0.25, -0.2) is 4.39 Å². The zero-order valence-electron chi connectivity index (χ0n) is 19.9. The molecule has 1 saturated heterocycles. The zero-order valence-corrected chi connectivity index (χ0v) is 19.9. The minimum absolute atomic E-state index is 0.0219. The molecule has 1 atom stereocenters. The fourth-order valence-electron chi connectivity index (χ4n) is 4.75. The second kappa shape index (κ2) is 8.88. The second-order valence-electron chi connectivity index (χ2n) is 8.43. The van der Waals surface area contributed by atoms with Crippen molar-refractivity contribution in [1.29, 1.82) is 0 Å². The van der Waals surface area contributed by atoms with Crippen molar-refractivity contribution in [3.8, 4) is 11.5 Å². The van der Waals surface area contributed by atoms with E-state index in [1.54, 1.807) is 24.3 Å². The summed E-state index contributed by atoms with van der Waals surface area (Å²) in [5.41, 5.74) is 1.74. The first-order chi connectivity index (χ1) is 17.3. The number of aliphatic hydroxyl groups excluding tert-OH is 1. The van der Waals surface area contributed by atoms with E-state index in [4.69, 9.17) is 9.47 Å². The van der Waals surface area contributed by atoms with Crippen LogP contribution >= 0.6 is 0 Å². The molecule has 1 N–H and O–H groups in total. The van der Waals surface area contributed by atoms with Gasteiger partial charge in [0.15, 0.2) is 0 Å². The number of aryl methyl sites for hydroxylation is 1. The van der Waals surface area contributed by atoms with Gasteiger partial charge in [-0.2, -0.15) is 0 Å². The summed E-state index contributed by atoms with van der Waals surface area (Å²) in [5.74, 6) is -2.19. The van der Waals surface area contributed by atoms with Crippen LogP contribution in [0.2, 0.25) is 0 Å². The number of hydrogen-bond donors (Lipinski definition) is 1. The summed E-state index contributed by atoms with van der Waals surface area (Å²) in [6.07, 6.45) is 1.82. The Kier molecular flexibility index (Phi) is 5.72. The van der Waals surface area contributed by atoms with Crippen LogP contribution in [0.3, 0.4) is 0 Å². The highest BCUT2D eigenvalue weighted by Crippen LogP contribution is 2.46. The number of hydrogen-bond acceptors (Lipinski definition) is 5. The quantitative estimate of drug-likeness (QED) is 0.245. The molecule has 8 heteroatoms. The number of para-hydroxylation sites is 1. The van der Waals surface area contributed by atoms with Gasteiger partial charge in [-0.3, -0.25) is 14.5 Å². The Balaban J connectivity index is 1.83. The van der Waals surface area contributed by atoms with E-state index in [0.29, 0.717) is 17.0 Å². The second-order valence-corrected chi connectivity index (χ2v) is 8.43. The molecule has 1 amide bonds. The first-order valence-corrected chi connectivity index (χ1v) is 11.2. The molecule has 3 aromatic carbocycles. The maximum Gasteiger partial charge on any atom is 0.300 e. The first-order valence-electron chi connectivity index (χ1n) is 11.2. The van der Waals surface area contributed by atoms with Gasteiger partial charge in [0.25, 0.3) is 11.7 Å². The van der Waals surface area contributed by atoms with Crippen molar-refractivity contribution >= 4 is 34.0 Å². The number of carbonyl (C=O) groups excluding carboxylic acids is 2. The van der Waals surface area contributed by atoms with Crippen LogP contribution in [0.15, 0.2) is 78.5 Å². The summed E-state index contributed by atoms with van der Waals surface area (Å²) >= 11 is 0. The smallest absolute Gasteiger partial charge is 0.300 e. The van der Waals surface area contributed by atoms with Gasteiger partial charge in [-0.05, 0) is 36.4 Å². The fourth-order valence-corrected chi connectivity index (χ4v) is 4.75. The molecule has 0 saturated carbocycles. The molecule has 5 rings (SSSR count). The Morgan fingerprint density at radius 1 is 0.972 bits per heavy atom. The highest BCUT2D eigenvalue weighted by molar-refractivity contribution is 6.52. The van der Waals surface area contributed by atoms with Crippen LogP contribution in [0.4, 0.5) is 10.1 Å². The van der Waals surface area contributed by atoms with Crippen LogP contribution in [0.1, 0.15) is 17.2 Å². The molecule has 4 aromatic rings. The van der Waals surface area contributed by atoms with E-state index in [1.165, 1.54) is 31.3 Å². The van der Waals surface area contributed by atoms with Crippen molar-refractivity contribution in [2.24, 2.45) is 7.05 Å². The molecule has 1 fully saturated rings. The molecule has 1 aromatic heterocycles. The number of rotatable bonds is 5. The fraction of sp³-hybridized carbons (Fsp3) is 0.143. The number of halogens is 1. The molecule has 1 aliphatic rings. The number of fused-ring (bicyclic) bond motifs is 1. The Bertz CT molecular complexity index is 1550. The molecule has 2 heterocycles.